The number of thiophene rings is 1. The van der Waals surface area contributed by atoms with Crippen LogP contribution in [0.1, 0.15) is 12.8 Å². The first-order valence-electron chi connectivity index (χ1n) is 8.27. The van der Waals surface area contributed by atoms with Gasteiger partial charge in [0, 0.05) is 38.9 Å². The van der Waals surface area contributed by atoms with Crippen LogP contribution in [0.25, 0.3) is 10.2 Å². The van der Waals surface area contributed by atoms with Crippen molar-refractivity contribution < 1.29 is 4.74 Å². The maximum atomic E-state index is 5.46. The number of morpholine rings is 1. The van der Waals surface area contributed by atoms with E-state index in [9.17, 15) is 0 Å². The Balaban J connectivity index is 1.47. The van der Waals surface area contributed by atoms with Gasteiger partial charge < -0.3 is 9.64 Å². The first kappa shape index (κ1) is 14.4. The Morgan fingerprint density at radius 3 is 3.05 bits per heavy atom. The van der Waals surface area contributed by atoms with Gasteiger partial charge in [-0.05, 0) is 36.3 Å². The molecular formula is C17H23N3OS. The molecule has 2 aromatic heterocycles. The van der Waals surface area contributed by atoms with Crippen LogP contribution in [0.15, 0.2) is 23.7 Å². The van der Waals surface area contributed by atoms with Gasteiger partial charge in [0.15, 0.2) is 0 Å². The number of pyridine rings is 1. The summed E-state index contributed by atoms with van der Waals surface area (Å²) in [5.41, 5.74) is 2.52. The maximum Gasteiger partial charge on any atom is 0.0830 e. The fourth-order valence-corrected chi connectivity index (χ4v) is 4.58. The molecule has 2 aromatic rings. The zero-order valence-corrected chi connectivity index (χ0v) is 13.7. The SMILES string of the molecule is c1cc(N2CCCC(CN3CCOCC3)C2)c2sccc2n1. The average molecular weight is 317 g/mol. The van der Waals surface area contributed by atoms with Gasteiger partial charge in [-0.25, -0.2) is 0 Å². The molecule has 4 nitrogen and oxygen atoms in total. The van der Waals surface area contributed by atoms with Gasteiger partial charge >= 0.3 is 0 Å². The fraction of sp³-hybridized carbons (Fsp3) is 0.588. The zero-order chi connectivity index (χ0) is 14.8. The standard InChI is InChI=1S/C17H23N3OS/c1-2-14(12-19-7-9-21-10-8-19)13-20(6-1)16-3-5-18-15-4-11-22-17(15)16/h3-5,11,14H,1-2,6-10,12-13H2. The highest BCUT2D eigenvalue weighted by atomic mass is 32.1. The predicted octanol–water partition coefficient (Wildman–Crippen LogP) is 2.84. The van der Waals surface area contributed by atoms with Crippen LogP contribution in [0.5, 0.6) is 0 Å². The van der Waals surface area contributed by atoms with Gasteiger partial charge in [0.1, 0.15) is 0 Å². The highest BCUT2D eigenvalue weighted by molar-refractivity contribution is 7.17. The number of anilines is 1. The van der Waals surface area contributed by atoms with Crippen molar-refractivity contribution >= 4 is 27.2 Å². The lowest BCUT2D eigenvalue weighted by Crippen LogP contribution is -2.44. The number of hydrogen-bond acceptors (Lipinski definition) is 5. The smallest absolute Gasteiger partial charge is 0.0830 e. The molecule has 1 atom stereocenters. The van der Waals surface area contributed by atoms with Crippen LogP contribution in [0.4, 0.5) is 5.69 Å². The molecule has 118 valence electrons. The van der Waals surface area contributed by atoms with Crippen LogP contribution < -0.4 is 4.90 Å². The van der Waals surface area contributed by atoms with E-state index in [1.165, 1.54) is 42.9 Å². The number of hydrogen-bond donors (Lipinski definition) is 0. The minimum Gasteiger partial charge on any atom is -0.379 e. The number of aromatic nitrogens is 1. The van der Waals surface area contributed by atoms with E-state index in [1.807, 2.05) is 17.5 Å². The summed E-state index contributed by atoms with van der Waals surface area (Å²) in [6, 6.07) is 4.31. The number of nitrogens with zero attached hydrogens (tertiary/aromatic N) is 3. The van der Waals surface area contributed by atoms with Crippen molar-refractivity contribution in [1.82, 2.24) is 9.88 Å². The summed E-state index contributed by atoms with van der Waals surface area (Å²) >= 11 is 1.81. The predicted molar refractivity (Wildman–Crippen MR) is 91.8 cm³/mol. The quantitative estimate of drug-likeness (QED) is 0.870. The van der Waals surface area contributed by atoms with Crippen molar-refractivity contribution in [2.24, 2.45) is 5.92 Å². The lowest BCUT2D eigenvalue weighted by atomic mass is 9.96. The van der Waals surface area contributed by atoms with E-state index >= 15 is 0 Å². The fourth-order valence-electron chi connectivity index (χ4n) is 3.69. The Bertz CT molecular complexity index is 623. The number of piperidine rings is 1. The lowest BCUT2D eigenvalue weighted by molar-refractivity contribution is 0.0296. The molecule has 2 aliphatic rings. The van der Waals surface area contributed by atoms with Crippen LogP contribution in [0.3, 0.4) is 0 Å². The highest BCUT2D eigenvalue weighted by Gasteiger charge is 2.24. The molecule has 2 fully saturated rings. The van der Waals surface area contributed by atoms with Gasteiger partial charge in [-0.2, -0.15) is 0 Å². The van der Waals surface area contributed by atoms with Crippen molar-refractivity contribution in [3.8, 4) is 0 Å². The molecule has 1 unspecified atom stereocenters. The molecule has 4 rings (SSSR count). The third-order valence-electron chi connectivity index (χ3n) is 4.80. The molecule has 0 aliphatic carbocycles. The second-order valence-corrected chi connectivity index (χ2v) is 7.25. The molecule has 0 saturated carbocycles. The Hall–Kier alpha value is -1.17. The first-order valence-corrected chi connectivity index (χ1v) is 9.15. The topological polar surface area (TPSA) is 28.6 Å². The van der Waals surface area contributed by atoms with Crippen molar-refractivity contribution in [3.63, 3.8) is 0 Å². The van der Waals surface area contributed by atoms with Gasteiger partial charge in [0.05, 0.1) is 29.1 Å². The van der Waals surface area contributed by atoms with Gasteiger partial charge in [-0.3, -0.25) is 9.88 Å². The van der Waals surface area contributed by atoms with Crippen LogP contribution in [0.2, 0.25) is 0 Å². The van der Waals surface area contributed by atoms with Crippen LogP contribution >= 0.6 is 11.3 Å². The summed E-state index contributed by atoms with van der Waals surface area (Å²) in [4.78, 5) is 9.62. The summed E-state index contributed by atoms with van der Waals surface area (Å²) in [7, 11) is 0. The number of fused-ring (bicyclic) bond motifs is 1. The second kappa shape index (κ2) is 6.52. The van der Waals surface area contributed by atoms with E-state index in [0.717, 1.165) is 37.7 Å². The molecule has 4 heterocycles. The minimum atomic E-state index is 0.773. The van der Waals surface area contributed by atoms with E-state index in [4.69, 9.17) is 4.74 Å². The third kappa shape index (κ3) is 2.98. The molecule has 22 heavy (non-hydrogen) atoms. The summed E-state index contributed by atoms with van der Waals surface area (Å²) in [6.45, 7) is 7.57. The van der Waals surface area contributed by atoms with E-state index in [2.05, 4.69) is 32.3 Å². The minimum absolute atomic E-state index is 0.773. The Morgan fingerprint density at radius 2 is 2.14 bits per heavy atom. The highest BCUT2D eigenvalue weighted by Crippen LogP contribution is 2.32. The van der Waals surface area contributed by atoms with E-state index in [0.29, 0.717) is 0 Å². The molecule has 0 radical (unpaired) electrons. The number of rotatable bonds is 3. The van der Waals surface area contributed by atoms with E-state index in [1.54, 1.807) is 0 Å². The van der Waals surface area contributed by atoms with Gasteiger partial charge in [0.25, 0.3) is 0 Å². The molecule has 0 aromatic carbocycles. The summed E-state index contributed by atoms with van der Waals surface area (Å²) < 4.78 is 6.80. The van der Waals surface area contributed by atoms with Crippen LogP contribution in [0, 0.1) is 5.92 Å². The third-order valence-corrected chi connectivity index (χ3v) is 5.73. The van der Waals surface area contributed by atoms with Crippen LogP contribution in [-0.4, -0.2) is 55.8 Å². The van der Waals surface area contributed by atoms with Gasteiger partial charge in [0.2, 0.25) is 0 Å². The van der Waals surface area contributed by atoms with Gasteiger partial charge in [-0.15, -0.1) is 11.3 Å². The largest absolute Gasteiger partial charge is 0.379 e. The Kier molecular flexibility index (Phi) is 4.28. The Morgan fingerprint density at radius 1 is 1.23 bits per heavy atom. The van der Waals surface area contributed by atoms with Gasteiger partial charge in [-0.1, -0.05) is 0 Å². The molecule has 0 bridgehead atoms. The van der Waals surface area contributed by atoms with Crippen molar-refractivity contribution in [1.29, 1.82) is 0 Å². The van der Waals surface area contributed by atoms with E-state index < -0.39 is 0 Å². The van der Waals surface area contributed by atoms with Crippen molar-refractivity contribution in [3.05, 3.63) is 23.7 Å². The molecule has 2 aliphatic heterocycles. The monoisotopic (exact) mass is 317 g/mol. The molecular weight excluding hydrogens is 294 g/mol. The van der Waals surface area contributed by atoms with E-state index in [-0.39, 0.29) is 0 Å². The molecule has 0 spiro atoms. The molecule has 0 amide bonds. The first-order chi connectivity index (χ1) is 10.9. The summed E-state index contributed by atoms with van der Waals surface area (Å²) in [5.74, 6) is 0.773. The average Bonchev–Trinajstić information content (AvgIpc) is 3.04. The van der Waals surface area contributed by atoms with Crippen LogP contribution in [-0.2, 0) is 4.74 Å². The number of ether oxygens (including phenoxy) is 1. The van der Waals surface area contributed by atoms with Crippen molar-refractivity contribution in [2.45, 2.75) is 12.8 Å². The maximum absolute atomic E-state index is 5.46. The van der Waals surface area contributed by atoms with Crippen molar-refractivity contribution in [2.75, 3.05) is 50.8 Å². The Labute approximate surface area is 135 Å². The molecule has 2 saturated heterocycles. The lowest BCUT2D eigenvalue weighted by Gasteiger charge is -2.38. The molecule has 0 N–H and O–H groups in total. The summed E-state index contributed by atoms with van der Waals surface area (Å²) in [6.07, 6.45) is 4.60. The normalized spacial score (nSPS) is 24.0. The summed E-state index contributed by atoms with van der Waals surface area (Å²) in [5, 5.41) is 2.15. The second-order valence-electron chi connectivity index (χ2n) is 6.33. The molecule has 5 heteroatoms. The zero-order valence-electron chi connectivity index (χ0n) is 12.9.